The monoisotopic (exact) mass is 602 g/mol. The van der Waals surface area contributed by atoms with Crippen LogP contribution in [0.15, 0.2) is 42.7 Å². The molecule has 0 heterocycles. The number of hydrogen-bond acceptors (Lipinski definition) is 14. The van der Waals surface area contributed by atoms with E-state index >= 15 is 0 Å². The van der Waals surface area contributed by atoms with E-state index in [0.29, 0.717) is 0 Å². The van der Waals surface area contributed by atoms with Gasteiger partial charge in [0.15, 0.2) is 27.9 Å². The average Bonchev–Trinajstić information content (AvgIpc) is 2.60. The fourth-order valence-corrected chi connectivity index (χ4v) is 6.56. The van der Waals surface area contributed by atoms with Gasteiger partial charge in [0.05, 0.1) is 4.90 Å². The summed E-state index contributed by atoms with van der Waals surface area (Å²) in [7, 11) is -28.4. The molecule has 0 saturated carbocycles. The van der Waals surface area contributed by atoms with Crippen molar-refractivity contribution in [1.82, 2.24) is 0 Å². The van der Waals surface area contributed by atoms with Gasteiger partial charge in [-0.25, -0.2) is 0 Å². The van der Waals surface area contributed by atoms with E-state index < -0.39 is 98.1 Å². The van der Waals surface area contributed by atoms with Crippen LogP contribution in [0, 0.1) is 0 Å². The van der Waals surface area contributed by atoms with Crippen molar-refractivity contribution in [2.75, 3.05) is 0 Å². The van der Waals surface area contributed by atoms with Crippen molar-refractivity contribution < 1.29 is 79.8 Å². The summed E-state index contributed by atoms with van der Waals surface area (Å²) in [5.41, 5.74) is 0. The second-order valence-electron chi connectivity index (χ2n) is 6.11. The summed E-state index contributed by atoms with van der Waals surface area (Å²) in [5, 5.41) is 29.6. The molecule has 2 aromatic carbocycles. The number of hydrogen-bond donors (Lipinski definition) is 7. The topological polar surface area (TPSA) is 322 Å². The minimum absolute atomic E-state index is 0.0481. The molecule has 0 unspecified atom stereocenters. The predicted octanol–water partition coefficient (Wildman–Crippen LogP) is -1.44. The fraction of sp³-hybridized carbons (Fsp3) is 0. The molecule has 0 atom stereocenters. The van der Waals surface area contributed by atoms with Gasteiger partial charge in [0, 0.05) is 6.07 Å². The molecule has 2 aromatic rings. The second-order valence-corrected chi connectivity index (χ2v) is 13.2. The predicted molar refractivity (Wildman–Crippen MR) is 105 cm³/mol. The summed E-state index contributed by atoms with van der Waals surface area (Å²) in [6.07, 6.45) is 0. The first kappa shape index (κ1) is 28.5. The molecule has 0 aromatic heterocycles. The Kier molecular flexibility index (Phi) is 6.85. The van der Waals surface area contributed by atoms with Crippen LogP contribution in [0.3, 0.4) is 0 Å². The van der Waals surface area contributed by atoms with Crippen LogP contribution >= 0.6 is 0 Å². The third-order valence-electron chi connectivity index (χ3n) is 3.75. The quantitative estimate of drug-likeness (QED) is 0.108. The minimum atomic E-state index is -6.03. The molecule has 23 heteroatoms. The van der Waals surface area contributed by atoms with Crippen molar-refractivity contribution in [2.24, 2.45) is 0 Å². The van der Waals surface area contributed by atoms with E-state index in [1.165, 1.54) is 0 Å². The highest BCUT2D eigenvalue weighted by molar-refractivity contribution is 7.90. The van der Waals surface area contributed by atoms with Crippen molar-refractivity contribution in [2.45, 2.75) is 24.5 Å². The Morgan fingerprint density at radius 3 is 1.34 bits per heavy atom. The highest BCUT2D eigenvalue weighted by Crippen LogP contribution is 2.44. The van der Waals surface area contributed by atoms with Crippen molar-refractivity contribution in [3.63, 3.8) is 0 Å². The standard InChI is InChI=1S/C12H10O18S5/c13-9-5(1-4(31(16,17)18)2-6(9)32(19,20)21)30-35(28,29)12-8(34(25,26)27)3-7(33(22,23)24)10(14)11(12)15/h1-3,13-15H,(H,16,17,18)(H,19,20,21)(H,22,23,24)(H,25,26,27). The molecule has 0 saturated heterocycles. The molecular weight excluding hydrogens is 592 g/mol. The summed E-state index contributed by atoms with van der Waals surface area (Å²) >= 11 is 0. The zero-order chi connectivity index (χ0) is 27.5. The third kappa shape index (κ3) is 5.73. The molecule has 0 aliphatic carbocycles. The molecule has 0 aliphatic heterocycles. The SMILES string of the molecule is O=S(=O)(O)c1cc(OS(=O)(=O)c2c(S(=O)(=O)O)cc(S(=O)(=O)O)c(O)c2O)c(O)c(S(=O)(=O)O)c1. The fourth-order valence-electron chi connectivity index (χ4n) is 2.35. The molecule has 0 bridgehead atoms. The van der Waals surface area contributed by atoms with Crippen molar-refractivity contribution >= 4 is 50.6 Å². The Balaban J connectivity index is 2.99. The van der Waals surface area contributed by atoms with E-state index in [9.17, 15) is 62.0 Å². The van der Waals surface area contributed by atoms with Crippen LogP contribution in [-0.2, 0) is 50.6 Å². The van der Waals surface area contributed by atoms with Crippen LogP contribution in [0.4, 0.5) is 0 Å². The van der Waals surface area contributed by atoms with E-state index in [1.807, 2.05) is 0 Å². The molecule has 35 heavy (non-hydrogen) atoms. The molecule has 0 fully saturated rings. The van der Waals surface area contributed by atoms with Gasteiger partial charge in [0.1, 0.15) is 14.7 Å². The van der Waals surface area contributed by atoms with Crippen LogP contribution in [0.25, 0.3) is 0 Å². The van der Waals surface area contributed by atoms with Gasteiger partial charge in [-0.15, -0.1) is 0 Å². The van der Waals surface area contributed by atoms with Gasteiger partial charge in [-0.2, -0.15) is 42.1 Å². The maximum Gasteiger partial charge on any atom is 0.344 e. The molecule has 7 N–H and O–H groups in total. The average molecular weight is 603 g/mol. The van der Waals surface area contributed by atoms with Crippen molar-refractivity contribution in [3.05, 3.63) is 18.2 Å². The summed E-state index contributed by atoms with van der Waals surface area (Å²) in [6, 6.07) is -0.436. The van der Waals surface area contributed by atoms with Crippen LogP contribution in [0.5, 0.6) is 23.0 Å². The number of rotatable bonds is 7. The normalized spacial score (nSPS) is 13.5. The van der Waals surface area contributed by atoms with Gasteiger partial charge in [-0.1, -0.05) is 0 Å². The van der Waals surface area contributed by atoms with Gasteiger partial charge < -0.3 is 19.5 Å². The lowest BCUT2D eigenvalue weighted by Crippen LogP contribution is -2.17. The van der Waals surface area contributed by atoms with Crippen molar-refractivity contribution in [1.29, 1.82) is 0 Å². The van der Waals surface area contributed by atoms with E-state index in [-0.39, 0.29) is 18.2 Å². The van der Waals surface area contributed by atoms with E-state index in [1.54, 1.807) is 0 Å². The van der Waals surface area contributed by atoms with Crippen LogP contribution in [0.2, 0.25) is 0 Å². The Bertz CT molecular complexity index is 1780. The molecule has 0 radical (unpaired) electrons. The largest absolute Gasteiger partial charge is 0.503 e. The molecule has 2 rings (SSSR count). The second kappa shape index (κ2) is 8.42. The first-order chi connectivity index (χ1) is 15.4. The van der Waals surface area contributed by atoms with E-state index in [0.717, 1.165) is 0 Å². The Labute approximate surface area is 195 Å². The van der Waals surface area contributed by atoms with Gasteiger partial charge in [-0.3, -0.25) is 18.2 Å². The summed E-state index contributed by atoms with van der Waals surface area (Å²) in [4.78, 5) is -9.25. The zero-order valence-electron chi connectivity index (χ0n) is 15.9. The van der Waals surface area contributed by atoms with E-state index in [4.69, 9.17) is 13.7 Å². The number of phenols is 3. The highest BCUT2D eigenvalue weighted by atomic mass is 32.2. The van der Waals surface area contributed by atoms with Gasteiger partial charge in [0.25, 0.3) is 40.5 Å². The smallest absolute Gasteiger partial charge is 0.344 e. The van der Waals surface area contributed by atoms with Crippen LogP contribution in [0.1, 0.15) is 0 Å². The lowest BCUT2D eigenvalue weighted by molar-refractivity contribution is 0.368. The maximum atomic E-state index is 12.7. The Morgan fingerprint density at radius 2 is 0.943 bits per heavy atom. The number of phenolic OH excluding ortho intramolecular Hbond substituents is 3. The van der Waals surface area contributed by atoms with Crippen molar-refractivity contribution in [3.8, 4) is 23.0 Å². The number of aromatic hydroxyl groups is 3. The lowest BCUT2D eigenvalue weighted by atomic mass is 10.3. The number of benzene rings is 2. The molecule has 0 spiro atoms. The Morgan fingerprint density at radius 1 is 0.514 bits per heavy atom. The molecule has 196 valence electrons. The first-order valence-electron chi connectivity index (χ1n) is 7.69. The minimum Gasteiger partial charge on any atom is -0.503 e. The maximum absolute atomic E-state index is 12.7. The van der Waals surface area contributed by atoms with Crippen LogP contribution in [-0.4, -0.2) is 75.6 Å². The Hall–Kier alpha value is -2.77. The van der Waals surface area contributed by atoms with E-state index in [2.05, 4.69) is 4.18 Å². The summed E-state index contributed by atoms with van der Waals surface area (Å²) in [6.45, 7) is 0. The first-order valence-corrected chi connectivity index (χ1v) is 14.9. The molecule has 0 aliphatic rings. The van der Waals surface area contributed by atoms with Crippen LogP contribution < -0.4 is 4.18 Å². The molecule has 0 amide bonds. The summed E-state index contributed by atoms with van der Waals surface area (Å²) in [5.74, 6) is -7.74. The molecule has 18 nitrogen and oxygen atoms in total. The zero-order valence-corrected chi connectivity index (χ0v) is 20.0. The van der Waals surface area contributed by atoms with Gasteiger partial charge in [-0.05, 0) is 12.1 Å². The molecular formula is C12H10O18S5. The summed E-state index contributed by atoms with van der Waals surface area (Å²) < 4.78 is 157. The third-order valence-corrected chi connectivity index (χ3v) is 8.64. The lowest BCUT2D eigenvalue weighted by Gasteiger charge is -2.15. The highest BCUT2D eigenvalue weighted by Gasteiger charge is 2.38. The van der Waals surface area contributed by atoms with Gasteiger partial charge in [0.2, 0.25) is 0 Å². The van der Waals surface area contributed by atoms with Gasteiger partial charge >= 0.3 is 10.1 Å².